The van der Waals surface area contributed by atoms with Crippen molar-refractivity contribution in [2.45, 2.75) is 6.54 Å². The highest BCUT2D eigenvalue weighted by atomic mass is 32.1. The van der Waals surface area contributed by atoms with Gasteiger partial charge in [-0.1, -0.05) is 11.2 Å². The minimum Gasteiger partial charge on any atom is -0.493 e. The van der Waals surface area contributed by atoms with Crippen molar-refractivity contribution in [2.24, 2.45) is 5.16 Å². The number of hydrogen-bond donors (Lipinski definition) is 1. The van der Waals surface area contributed by atoms with Gasteiger partial charge < -0.3 is 19.6 Å². The Balaban J connectivity index is 1.76. The van der Waals surface area contributed by atoms with Gasteiger partial charge in [0.25, 0.3) is 5.91 Å². The summed E-state index contributed by atoms with van der Waals surface area (Å²) < 4.78 is 10.4. The molecule has 1 N–H and O–H groups in total. The molecule has 0 fully saturated rings. The number of thiophene rings is 1. The van der Waals surface area contributed by atoms with Crippen molar-refractivity contribution >= 4 is 23.5 Å². The fraction of sp³-hybridized carbons (Fsp3) is 0.250. The van der Waals surface area contributed by atoms with Crippen LogP contribution in [0.4, 0.5) is 0 Å². The van der Waals surface area contributed by atoms with Gasteiger partial charge in [0.1, 0.15) is 0 Å². The Labute approximate surface area is 138 Å². The lowest BCUT2D eigenvalue weighted by Gasteiger charge is -2.07. The van der Waals surface area contributed by atoms with Crippen LogP contribution in [0.25, 0.3) is 0 Å². The molecule has 1 heterocycles. The molecule has 0 radical (unpaired) electrons. The summed E-state index contributed by atoms with van der Waals surface area (Å²) in [7, 11) is 3.14. The van der Waals surface area contributed by atoms with Crippen molar-refractivity contribution in [2.75, 3.05) is 20.8 Å². The molecule has 0 saturated carbocycles. The van der Waals surface area contributed by atoms with Gasteiger partial charge in [0.2, 0.25) is 0 Å². The van der Waals surface area contributed by atoms with E-state index in [-0.39, 0.29) is 12.5 Å². The number of amides is 1. The highest BCUT2D eigenvalue weighted by Crippen LogP contribution is 2.26. The van der Waals surface area contributed by atoms with Crippen molar-refractivity contribution in [1.29, 1.82) is 0 Å². The average molecular weight is 334 g/mol. The molecule has 0 unspecified atom stereocenters. The van der Waals surface area contributed by atoms with E-state index in [1.54, 1.807) is 37.7 Å². The molecule has 0 spiro atoms. The number of ether oxygens (including phenoxy) is 2. The molecular formula is C16H18N2O4S. The van der Waals surface area contributed by atoms with Crippen LogP contribution in [-0.2, 0) is 16.2 Å². The quantitative estimate of drug-likeness (QED) is 0.595. The van der Waals surface area contributed by atoms with Crippen LogP contribution in [0.1, 0.15) is 10.4 Å². The topological polar surface area (TPSA) is 69.2 Å². The maximum absolute atomic E-state index is 11.6. The van der Waals surface area contributed by atoms with E-state index in [1.807, 2.05) is 23.6 Å². The Morgan fingerprint density at radius 3 is 2.78 bits per heavy atom. The minimum atomic E-state index is -0.220. The average Bonchev–Trinajstić information content (AvgIpc) is 3.10. The lowest BCUT2D eigenvalue weighted by atomic mass is 10.2. The first-order chi connectivity index (χ1) is 11.2. The Morgan fingerprint density at radius 2 is 2.09 bits per heavy atom. The largest absolute Gasteiger partial charge is 0.493 e. The second-order valence-corrected chi connectivity index (χ2v) is 5.51. The predicted molar refractivity (Wildman–Crippen MR) is 89.3 cm³/mol. The van der Waals surface area contributed by atoms with Crippen LogP contribution < -0.4 is 14.8 Å². The summed E-state index contributed by atoms with van der Waals surface area (Å²) in [5, 5.41) is 8.49. The number of benzene rings is 1. The number of carbonyl (C=O) groups excluding carboxylic acids is 1. The lowest BCUT2D eigenvalue weighted by molar-refractivity contribution is -0.125. The number of rotatable bonds is 8. The minimum absolute atomic E-state index is 0.130. The van der Waals surface area contributed by atoms with Crippen molar-refractivity contribution in [1.82, 2.24) is 5.32 Å². The number of methoxy groups -OCH3 is 2. The van der Waals surface area contributed by atoms with E-state index in [2.05, 4.69) is 10.5 Å². The molecule has 1 aromatic heterocycles. The molecule has 1 aromatic carbocycles. The molecule has 6 nitrogen and oxygen atoms in total. The lowest BCUT2D eigenvalue weighted by Crippen LogP contribution is -2.26. The number of hydrogen-bond acceptors (Lipinski definition) is 6. The first-order valence-electron chi connectivity index (χ1n) is 6.89. The van der Waals surface area contributed by atoms with Crippen LogP contribution in [0.15, 0.2) is 40.9 Å². The molecule has 122 valence electrons. The van der Waals surface area contributed by atoms with Crippen LogP contribution in [0.2, 0.25) is 0 Å². The number of oxime groups is 1. The van der Waals surface area contributed by atoms with Gasteiger partial charge in [0.15, 0.2) is 18.1 Å². The Morgan fingerprint density at radius 1 is 1.26 bits per heavy atom. The fourth-order valence-electron chi connectivity index (χ4n) is 1.78. The van der Waals surface area contributed by atoms with Gasteiger partial charge in [0.05, 0.1) is 27.0 Å². The molecule has 0 atom stereocenters. The zero-order valence-corrected chi connectivity index (χ0v) is 13.8. The molecule has 0 aliphatic rings. The van der Waals surface area contributed by atoms with Crippen LogP contribution in [0.3, 0.4) is 0 Å². The van der Waals surface area contributed by atoms with Crippen molar-refractivity contribution in [3.8, 4) is 11.5 Å². The van der Waals surface area contributed by atoms with Crippen molar-refractivity contribution in [3.05, 3.63) is 46.2 Å². The Hall–Kier alpha value is -2.54. The summed E-state index contributed by atoms with van der Waals surface area (Å²) in [6, 6.07) is 9.25. The second-order valence-electron chi connectivity index (χ2n) is 4.48. The van der Waals surface area contributed by atoms with Crippen molar-refractivity contribution in [3.63, 3.8) is 0 Å². The monoisotopic (exact) mass is 334 g/mol. The zero-order chi connectivity index (χ0) is 16.5. The molecule has 0 bridgehead atoms. The number of carbonyl (C=O) groups is 1. The highest BCUT2D eigenvalue weighted by Gasteiger charge is 2.04. The number of nitrogens with one attached hydrogen (secondary N) is 1. The summed E-state index contributed by atoms with van der Waals surface area (Å²) in [6.45, 7) is 0.369. The van der Waals surface area contributed by atoms with Crippen LogP contribution in [-0.4, -0.2) is 32.9 Å². The third kappa shape index (κ3) is 5.30. The van der Waals surface area contributed by atoms with Crippen LogP contribution in [0.5, 0.6) is 11.5 Å². The molecule has 0 saturated heterocycles. The fourth-order valence-corrected chi connectivity index (χ4v) is 2.42. The molecule has 0 aliphatic carbocycles. The van der Waals surface area contributed by atoms with Crippen molar-refractivity contribution < 1.29 is 19.1 Å². The van der Waals surface area contributed by atoms with E-state index in [9.17, 15) is 4.79 Å². The highest BCUT2D eigenvalue weighted by molar-refractivity contribution is 7.09. The van der Waals surface area contributed by atoms with E-state index < -0.39 is 0 Å². The maximum Gasteiger partial charge on any atom is 0.261 e. The molecule has 1 amide bonds. The third-order valence-corrected chi connectivity index (χ3v) is 3.80. The summed E-state index contributed by atoms with van der Waals surface area (Å²) in [5.41, 5.74) is 0.779. The smallest absolute Gasteiger partial charge is 0.261 e. The summed E-state index contributed by atoms with van der Waals surface area (Å²) >= 11 is 1.59. The SMILES string of the molecule is COc1ccc(/C=N\OCC(=O)NCc2cccs2)cc1OC. The van der Waals surface area contributed by atoms with E-state index in [0.717, 1.165) is 10.4 Å². The van der Waals surface area contributed by atoms with Gasteiger partial charge in [0, 0.05) is 10.4 Å². The summed E-state index contributed by atoms with van der Waals surface area (Å²) in [4.78, 5) is 17.7. The Kier molecular flexibility index (Phi) is 6.43. The first-order valence-corrected chi connectivity index (χ1v) is 7.77. The summed E-state index contributed by atoms with van der Waals surface area (Å²) in [5.74, 6) is 1.02. The van der Waals surface area contributed by atoms with Gasteiger partial charge in [-0.25, -0.2) is 0 Å². The van der Waals surface area contributed by atoms with E-state index >= 15 is 0 Å². The van der Waals surface area contributed by atoms with E-state index in [4.69, 9.17) is 14.3 Å². The molecule has 2 aromatic rings. The van der Waals surface area contributed by atoms with Gasteiger partial charge in [-0.05, 0) is 29.6 Å². The van der Waals surface area contributed by atoms with Crippen LogP contribution in [0, 0.1) is 0 Å². The van der Waals surface area contributed by atoms with Gasteiger partial charge in [-0.2, -0.15) is 0 Å². The standard InChI is InChI=1S/C16H18N2O4S/c1-20-14-6-5-12(8-15(14)21-2)9-18-22-11-16(19)17-10-13-4-3-7-23-13/h3-9H,10-11H2,1-2H3,(H,17,19)/b18-9-. The van der Waals surface area contributed by atoms with Gasteiger partial charge in [-0.3, -0.25) is 4.79 Å². The van der Waals surface area contributed by atoms with E-state index in [0.29, 0.717) is 18.0 Å². The second kappa shape index (κ2) is 8.79. The number of nitrogens with zero attached hydrogens (tertiary/aromatic N) is 1. The predicted octanol–water partition coefficient (Wildman–Crippen LogP) is 2.43. The molecule has 23 heavy (non-hydrogen) atoms. The maximum atomic E-state index is 11.6. The van der Waals surface area contributed by atoms with E-state index in [1.165, 1.54) is 6.21 Å². The first kappa shape index (κ1) is 16.8. The zero-order valence-electron chi connectivity index (χ0n) is 12.9. The third-order valence-electron chi connectivity index (χ3n) is 2.92. The molecule has 7 heteroatoms. The Bertz CT molecular complexity index is 656. The summed E-state index contributed by atoms with van der Waals surface area (Å²) in [6.07, 6.45) is 1.51. The normalized spacial score (nSPS) is 10.5. The molecular weight excluding hydrogens is 316 g/mol. The van der Waals surface area contributed by atoms with Crippen LogP contribution >= 0.6 is 11.3 Å². The molecule has 0 aliphatic heterocycles. The van der Waals surface area contributed by atoms with Gasteiger partial charge in [-0.15, -0.1) is 11.3 Å². The molecule has 2 rings (SSSR count). The van der Waals surface area contributed by atoms with Gasteiger partial charge >= 0.3 is 0 Å².